The third-order valence-electron chi connectivity index (χ3n) is 6.53. The van der Waals surface area contributed by atoms with E-state index in [2.05, 4.69) is 15.7 Å². The Morgan fingerprint density at radius 3 is 2.54 bits per heavy atom. The summed E-state index contributed by atoms with van der Waals surface area (Å²) in [5.41, 5.74) is 0.499. The molecule has 2 aliphatic rings. The monoisotopic (exact) mass is 523 g/mol. The van der Waals surface area contributed by atoms with Gasteiger partial charge in [0.1, 0.15) is 5.02 Å². The van der Waals surface area contributed by atoms with E-state index in [0.717, 1.165) is 19.4 Å². The van der Waals surface area contributed by atoms with Crippen LogP contribution in [0.5, 0.6) is 0 Å². The normalized spacial score (nSPS) is 19.9. The molecule has 12 heteroatoms. The first-order valence-corrected chi connectivity index (χ1v) is 13.5. The summed E-state index contributed by atoms with van der Waals surface area (Å²) in [7, 11) is -2.20. The highest BCUT2D eigenvalue weighted by Gasteiger charge is 2.31. The predicted molar refractivity (Wildman–Crippen MR) is 132 cm³/mol. The van der Waals surface area contributed by atoms with Gasteiger partial charge in [-0.25, -0.2) is 13.1 Å². The van der Waals surface area contributed by atoms with Crippen molar-refractivity contribution in [3.05, 3.63) is 51.4 Å². The van der Waals surface area contributed by atoms with Crippen molar-refractivity contribution < 1.29 is 17.9 Å². The minimum Gasteiger partial charge on any atom is -0.382 e. The number of sulfonamides is 1. The summed E-state index contributed by atoms with van der Waals surface area (Å²) >= 11 is 6.36. The van der Waals surface area contributed by atoms with Crippen molar-refractivity contribution in [1.29, 1.82) is 0 Å². The summed E-state index contributed by atoms with van der Waals surface area (Å²) in [4.78, 5) is 24.7. The van der Waals surface area contributed by atoms with E-state index in [4.69, 9.17) is 16.3 Å². The fourth-order valence-electron chi connectivity index (χ4n) is 4.45. The molecule has 2 N–H and O–H groups in total. The predicted octanol–water partition coefficient (Wildman–Crippen LogP) is 2.12. The second-order valence-corrected chi connectivity index (χ2v) is 11.1. The molecule has 0 spiro atoms. The van der Waals surface area contributed by atoms with Crippen molar-refractivity contribution in [2.45, 2.75) is 36.6 Å². The van der Waals surface area contributed by atoms with Gasteiger partial charge in [0, 0.05) is 38.9 Å². The van der Waals surface area contributed by atoms with Gasteiger partial charge in [0.05, 0.1) is 29.4 Å². The van der Waals surface area contributed by atoms with Crippen molar-refractivity contribution >= 4 is 33.2 Å². The number of ether oxygens (including phenoxy) is 1. The van der Waals surface area contributed by atoms with Gasteiger partial charge >= 0.3 is 0 Å². The molecule has 2 fully saturated rings. The molecule has 2 saturated heterocycles. The van der Waals surface area contributed by atoms with Crippen LogP contribution in [0.2, 0.25) is 5.02 Å². The highest BCUT2D eigenvalue weighted by molar-refractivity contribution is 7.89. The lowest BCUT2D eigenvalue weighted by Gasteiger charge is -2.31. The molecule has 1 atom stereocenters. The summed E-state index contributed by atoms with van der Waals surface area (Å²) in [6, 6.07) is 5.59. The second kappa shape index (κ2) is 11.1. The van der Waals surface area contributed by atoms with E-state index in [1.165, 1.54) is 40.3 Å². The number of nitrogens with zero attached hydrogens (tertiary/aromatic N) is 3. The number of hydrogen-bond donors (Lipinski definition) is 2. The number of hydrogen-bond acceptors (Lipinski definition) is 7. The van der Waals surface area contributed by atoms with Gasteiger partial charge in [0.2, 0.25) is 10.0 Å². The number of carbonyl (C=O) groups is 1. The molecule has 4 rings (SSSR count). The Bertz CT molecular complexity index is 1200. The molecule has 190 valence electrons. The first-order chi connectivity index (χ1) is 16.8. The summed E-state index contributed by atoms with van der Waals surface area (Å²) in [6.07, 6.45) is 4.52. The Balaban J connectivity index is 1.39. The van der Waals surface area contributed by atoms with E-state index in [1.807, 2.05) is 0 Å². The van der Waals surface area contributed by atoms with Crippen molar-refractivity contribution in [2.24, 2.45) is 5.92 Å². The maximum atomic E-state index is 13.1. The first-order valence-electron chi connectivity index (χ1n) is 11.7. The van der Waals surface area contributed by atoms with Gasteiger partial charge in [-0.05, 0) is 55.9 Å². The molecule has 2 aromatic rings. The van der Waals surface area contributed by atoms with E-state index >= 15 is 0 Å². The van der Waals surface area contributed by atoms with Crippen LogP contribution < -0.4 is 16.2 Å². The zero-order valence-electron chi connectivity index (χ0n) is 19.6. The number of piperidine rings is 1. The lowest BCUT2D eigenvalue weighted by molar-refractivity contribution is 0.0595. The molecule has 1 aromatic heterocycles. The van der Waals surface area contributed by atoms with Gasteiger partial charge in [-0.1, -0.05) is 11.6 Å². The SMILES string of the molecule is CNC(=O)c1ccc(S(=O)(=O)N2CCC(n3ncc(NC[C@H]4CCCOC4)c(Cl)c3=O)CC2)cc1. The molecule has 0 bridgehead atoms. The second-order valence-electron chi connectivity index (χ2n) is 8.82. The highest BCUT2D eigenvalue weighted by Crippen LogP contribution is 2.27. The van der Waals surface area contributed by atoms with Crippen LogP contribution >= 0.6 is 11.6 Å². The Morgan fingerprint density at radius 1 is 1.20 bits per heavy atom. The van der Waals surface area contributed by atoms with E-state index in [9.17, 15) is 18.0 Å². The van der Waals surface area contributed by atoms with Crippen LogP contribution in [0.1, 0.15) is 42.1 Å². The maximum Gasteiger partial charge on any atom is 0.287 e. The third-order valence-corrected chi connectivity index (χ3v) is 8.81. The van der Waals surface area contributed by atoms with Crippen LogP contribution in [0.15, 0.2) is 40.2 Å². The average Bonchev–Trinajstić information content (AvgIpc) is 2.90. The minimum atomic E-state index is -3.71. The fourth-order valence-corrected chi connectivity index (χ4v) is 6.12. The lowest BCUT2D eigenvalue weighted by atomic mass is 10.0. The summed E-state index contributed by atoms with van der Waals surface area (Å²) in [6.45, 7) is 2.63. The molecular formula is C23H30ClN5O5S. The van der Waals surface area contributed by atoms with Gasteiger partial charge in [0.25, 0.3) is 11.5 Å². The molecule has 0 saturated carbocycles. The fraction of sp³-hybridized carbons (Fsp3) is 0.522. The minimum absolute atomic E-state index is 0.0861. The van der Waals surface area contributed by atoms with Crippen LogP contribution in [-0.2, 0) is 14.8 Å². The third kappa shape index (κ3) is 5.69. The van der Waals surface area contributed by atoms with E-state index in [-0.39, 0.29) is 40.5 Å². The number of rotatable bonds is 7. The van der Waals surface area contributed by atoms with Gasteiger partial charge in [0.15, 0.2) is 0 Å². The van der Waals surface area contributed by atoms with Crippen molar-refractivity contribution in [3.63, 3.8) is 0 Å². The van der Waals surface area contributed by atoms with Crippen LogP contribution in [0, 0.1) is 5.92 Å². The number of anilines is 1. The van der Waals surface area contributed by atoms with Gasteiger partial charge < -0.3 is 15.4 Å². The lowest BCUT2D eigenvalue weighted by Crippen LogP contribution is -2.41. The number of aromatic nitrogens is 2. The topological polar surface area (TPSA) is 123 Å². The summed E-state index contributed by atoms with van der Waals surface area (Å²) < 4.78 is 34.3. The quantitative estimate of drug-likeness (QED) is 0.570. The van der Waals surface area contributed by atoms with Crippen molar-refractivity contribution in [2.75, 3.05) is 45.2 Å². The van der Waals surface area contributed by atoms with Crippen LogP contribution in [-0.4, -0.2) is 68.3 Å². The molecule has 10 nitrogen and oxygen atoms in total. The van der Waals surface area contributed by atoms with Gasteiger partial charge in [-0.2, -0.15) is 9.40 Å². The number of nitrogens with one attached hydrogen (secondary N) is 2. The molecule has 35 heavy (non-hydrogen) atoms. The van der Waals surface area contributed by atoms with Gasteiger partial charge in [-0.15, -0.1) is 0 Å². The number of amides is 1. The van der Waals surface area contributed by atoms with Crippen molar-refractivity contribution in [1.82, 2.24) is 19.4 Å². The maximum absolute atomic E-state index is 13.1. The highest BCUT2D eigenvalue weighted by atomic mass is 35.5. The molecule has 0 radical (unpaired) electrons. The van der Waals surface area contributed by atoms with Crippen LogP contribution in [0.25, 0.3) is 0 Å². The Labute approximate surface area is 209 Å². The number of carbonyl (C=O) groups excluding carboxylic acids is 1. The van der Waals surface area contributed by atoms with Crippen molar-refractivity contribution in [3.8, 4) is 0 Å². The molecule has 1 amide bonds. The largest absolute Gasteiger partial charge is 0.382 e. The van der Waals surface area contributed by atoms with E-state index in [0.29, 0.717) is 43.2 Å². The molecular weight excluding hydrogens is 494 g/mol. The van der Waals surface area contributed by atoms with E-state index in [1.54, 1.807) is 6.20 Å². The number of halogens is 1. The Hall–Kier alpha value is -2.47. The Kier molecular flexibility index (Phi) is 8.10. The Morgan fingerprint density at radius 2 is 1.91 bits per heavy atom. The zero-order chi connectivity index (χ0) is 25.0. The van der Waals surface area contributed by atoms with E-state index < -0.39 is 10.0 Å². The van der Waals surface area contributed by atoms with Crippen LogP contribution in [0.4, 0.5) is 5.69 Å². The summed E-state index contributed by atoms with van der Waals surface area (Å²) in [5.74, 6) is 0.0871. The zero-order valence-corrected chi connectivity index (χ0v) is 21.1. The first kappa shape index (κ1) is 25.6. The standard InChI is InChI=1S/C23H30ClN5O5S/c1-25-22(30)17-4-6-19(7-5-17)35(32,33)28-10-8-18(9-11-28)29-23(31)21(24)20(14-27-29)26-13-16-3-2-12-34-15-16/h4-7,14,16,18,26H,2-3,8-13,15H2,1H3,(H,25,30)/t16-/m1/s1. The molecule has 0 unspecified atom stereocenters. The molecule has 1 aromatic carbocycles. The molecule has 0 aliphatic carbocycles. The smallest absolute Gasteiger partial charge is 0.287 e. The molecule has 2 aliphatic heterocycles. The summed E-state index contributed by atoms with van der Waals surface area (Å²) in [5, 5.41) is 10.1. The molecule has 3 heterocycles. The van der Waals surface area contributed by atoms with Crippen LogP contribution in [0.3, 0.4) is 0 Å². The van der Waals surface area contributed by atoms with Gasteiger partial charge in [-0.3, -0.25) is 9.59 Å². The average molecular weight is 524 g/mol. The number of benzene rings is 1.